The largest absolute Gasteiger partial charge is 0.280 e. The Morgan fingerprint density at radius 3 is 2.30 bits per heavy atom. The highest BCUT2D eigenvalue weighted by Gasteiger charge is 1.97. The van der Waals surface area contributed by atoms with Gasteiger partial charge in [-0.25, -0.2) is 0 Å². The molecule has 0 aromatic heterocycles. The topological polar surface area (TPSA) is 55.4 Å². The summed E-state index contributed by atoms with van der Waals surface area (Å²) < 4.78 is 24.6. The molecule has 0 aliphatic heterocycles. The second kappa shape index (κ2) is 6.09. The van der Waals surface area contributed by atoms with Crippen LogP contribution in [0.25, 0.3) is 0 Å². The number of halogens is 1. The van der Waals surface area contributed by atoms with Gasteiger partial charge in [0, 0.05) is 6.54 Å². The Morgan fingerprint density at radius 2 is 2.00 bits per heavy atom. The van der Waals surface area contributed by atoms with Gasteiger partial charge in [0.05, 0.1) is 6.26 Å². The van der Waals surface area contributed by atoms with Crippen molar-refractivity contribution in [3.63, 3.8) is 0 Å². The zero-order valence-corrected chi connectivity index (χ0v) is 8.49. The van der Waals surface area contributed by atoms with Crippen LogP contribution in [0.4, 0.5) is 0 Å². The number of nitrogens with one attached hydrogen (secondary N) is 1. The first-order chi connectivity index (χ1) is 4.06. The van der Waals surface area contributed by atoms with Crippen LogP contribution in [-0.4, -0.2) is 21.2 Å². The van der Waals surface area contributed by atoms with Crippen LogP contribution in [0.3, 0.4) is 0 Å². The lowest BCUT2D eigenvalue weighted by atomic mass is 10.5. The first-order valence-electron chi connectivity index (χ1n) is 2.67. The van der Waals surface area contributed by atoms with E-state index in [0.29, 0.717) is 6.54 Å². The van der Waals surface area contributed by atoms with Gasteiger partial charge in [-0.2, -0.15) is 18.2 Å². The summed E-state index contributed by atoms with van der Waals surface area (Å²) in [6.07, 6.45) is 1.84. The summed E-state index contributed by atoms with van der Waals surface area (Å²) in [6.45, 7) is 2.46. The first kappa shape index (κ1) is 13.0. The van der Waals surface area contributed by atoms with Crippen LogP contribution in [-0.2, 0) is 14.4 Å². The van der Waals surface area contributed by atoms with Crippen molar-refractivity contribution in [2.75, 3.05) is 12.8 Å². The predicted molar refractivity (Wildman–Crippen MR) is 44.5 cm³/mol. The van der Waals surface area contributed by atoms with Crippen LogP contribution in [0, 0.1) is 0 Å². The van der Waals surface area contributed by atoms with Crippen molar-refractivity contribution < 1.29 is 12.7 Å². The molecule has 0 saturated carbocycles. The third-order valence-corrected chi connectivity index (χ3v) is 0.983. The van der Waals surface area contributed by atoms with Gasteiger partial charge < -0.3 is 0 Å². The highest BCUT2D eigenvalue weighted by Crippen LogP contribution is 1.80. The SMILES string of the molecule is Br.CCCNOS(C)(=O)=O. The van der Waals surface area contributed by atoms with Crippen LogP contribution < -0.4 is 5.48 Å². The molecule has 10 heavy (non-hydrogen) atoms. The molecular weight excluding hydrogens is 222 g/mol. The fourth-order valence-electron chi connectivity index (χ4n) is 0.251. The molecule has 4 nitrogen and oxygen atoms in total. The van der Waals surface area contributed by atoms with E-state index in [1.807, 2.05) is 6.92 Å². The van der Waals surface area contributed by atoms with Crippen LogP contribution in [0.5, 0.6) is 0 Å². The fourth-order valence-corrected chi connectivity index (χ4v) is 0.548. The molecule has 6 heteroatoms. The lowest BCUT2D eigenvalue weighted by Gasteiger charge is -1.98. The molecule has 1 N–H and O–H groups in total. The van der Waals surface area contributed by atoms with E-state index in [1.54, 1.807) is 0 Å². The summed E-state index contributed by atoms with van der Waals surface area (Å²) in [5, 5.41) is 0. The maximum Gasteiger partial charge on any atom is 0.280 e. The standard InChI is InChI=1S/C4H11NO3S.BrH/c1-3-4-5-8-9(2,6)7;/h5H,3-4H2,1-2H3;1H. The quantitative estimate of drug-likeness (QED) is 0.567. The summed E-state index contributed by atoms with van der Waals surface area (Å²) >= 11 is 0. The minimum absolute atomic E-state index is 0. The lowest BCUT2D eigenvalue weighted by Crippen LogP contribution is -2.19. The average Bonchev–Trinajstić information content (AvgIpc) is 1.63. The first-order valence-corrected chi connectivity index (χ1v) is 4.49. The van der Waals surface area contributed by atoms with E-state index in [0.717, 1.165) is 12.7 Å². The third-order valence-electron chi connectivity index (χ3n) is 0.562. The monoisotopic (exact) mass is 233 g/mol. The molecule has 0 atom stereocenters. The van der Waals surface area contributed by atoms with Gasteiger partial charge in [-0.15, -0.1) is 17.0 Å². The summed E-state index contributed by atoms with van der Waals surface area (Å²) in [4.78, 5) is 0. The molecule has 64 valence electrons. The smallest absolute Gasteiger partial charge is 0.198 e. The van der Waals surface area contributed by atoms with Gasteiger partial charge >= 0.3 is 0 Å². The van der Waals surface area contributed by atoms with Crippen LogP contribution in [0.1, 0.15) is 13.3 Å². The molecule has 0 fully saturated rings. The van der Waals surface area contributed by atoms with Crippen LogP contribution >= 0.6 is 17.0 Å². The summed E-state index contributed by atoms with van der Waals surface area (Å²) in [7, 11) is -3.31. The van der Waals surface area contributed by atoms with E-state index in [1.165, 1.54) is 0 Å². The van der Waals surface area contributed by atoms with E-state index < -0.39 is 10.1 Å². The Labute approximate surface area is 71.8 Å². The predicted octanol–water partition coefficient (Wildman–Crippen LogP) is 0.455. The molecular formula is C4H12BrNO3S. The van der Waals surface area contributed by atoms with Gasteiger partial charge in [0.15, 0.2) is 0 Å². The zero-order chi connectivity index (χ0) is 7.33. The number of hydrogen-bond acceptors (Lipinski definition) is 4. The Bertz CT molecular complexity index is 156. The lowest BCUT2D eigenvalue weighted by molar-refractivity contribution is 0.206. The number of hydrogen-bond donors (Lipinski definition) is 1. The molecule has 0 rings (SSSR count). The van der Waals surface area contributed by atoms with Gasteiger partial charge in [-0.3, -0.25) is 0 Å². The minimum Gasteiger partial charge on any atom is -0.198 e. The Morgan fingerprint density at radius 1 is 1.50 bits per heavy atom. The highest BCUT2D eigenvalue weighted by atomic mass is 79.9. The normalized spacial score (nSPS) is 10.6. The second-order valence-electron chi connectivity index (χ2n) is 1.68. The molecule has 0 amide bonds. The Hall–Kier alpha value is 0.350. The third kappa shape index (κ3) is 11.2. The van der Waals surface area contributed by atoms with E-state index in [9.17, 15) is 8.42 Å². The molecule has 0 spiro atoms. The summed E-state index contributed by atoms with van der Waals surface area (Å²) in [5.41, 5.74) is 2.29. The van der Waals surface area contributed by atoms with Crippen molar-refractivity contribution in [1.82, 2.24) is 5.48 Å². The summed E-state index contributed by atoms with van der Waals surface area (Å²) in [5.74, 6) is 0. The number of hydroxylamine groups is 1. The molecule has 0 aromatic rings. The maximum absolute atomic E-state index is 10.2. The Kier molecular flexibility index (Phi) is 7.90. The van der Waals surface area contributed by atoms with E-state index in [-0.39, 0.29) is 17.0 Å². The van der Waals surface area contributed by atoms with Crippen LogP contribution in [0.15, 0.2) is 0 Å². The van der Waals surface area contributed by atoms with Gasteiger partial charge in [0.2, 0.25) is 0 Å². The molecule has 0 aromatic carbocycles. The molecule has 0 aliphatic carbocycles. The zero-order valence-electron chi connectivity index (χ0n) is 5.96. The van der Waals surface area contributed by atoms with Crippen molar-refractivity contribution >= 4 is 27.1 Å². The van der Waals surface area contributed by atoms with Crippen molar-refractivity contribution in [2.45, 2.75) is 13.3 Å². The summed E-state index contributed by atoms with van der Waals surface area (Å²) in [6, 6.07) is 0. The van der Waals surface area contributed by atoms with Gasteiger partial charge in [0.25, 0.3) is 10.1 Å². The van der Waals surface area contributed by atoms with Gasteiger partial charge in [-0.1, -0.05) is 6.92 Å². The van der Waals surface area contributed by atoms with E-state index in [4.69, 9.17) is 0 Å². The second-order valence-corrected chi connectivity index (χ2v) is 3.26. The molecule has 0 radical (unpaired) electrons. The van der Waals surface area contributed by atoms with Gasteiger partial charge in [0.1, 0.15) is 0 Å². The Balaban J connectivity index is 0. The van der Waals surface area contributed by atoms with Crippen molar-refractivity contribution in [1.29, 1.82) is 0 Å². The maximum atomic E-state index is 10.2. The van der Waals surface area contributed by atoms with Crippen molar-refractivity contribution in [3.05, 3.63) is 0 Å². The molecule has 0 bridgehead atoms. The van der Waals surface area contributed by atoms with E-state index >= 15 is 0 Å². The minimum atomic E-state index is -3.31. The molecule has 0 aliphatic rings. The molecule has 0 heterocycles. The fraction of sp³-hybridized carbons (Fsp3) is 1.00. The van der Waals surface area contributed by atoms with Crippen molar-refractivity contribution in [2.24, 2.45) is 0 Å². The highest BCUT2D eigenvalue weighted by molar-refractivity contribution is 8.93. The van der Waals surface area contributed by atoms with Crippen molar-refractivity contribution in [3.8, 4) is 0 Å². The van der Waals surface area contributed by atoms with Crippen LogP contribution in [0.2, 0.25) is 0 Å². The number of rotatable bonds is 4. The van der Waals surface area contributed by atoms with E-state index in [2.05, 4.69) is 9.76 Å². The molecule has 0 unspecified atom stereocenters. The average molecular weight is 234 g/mol. The van der Waals surface area contributed by atoms with Gasteiger partial charge in [-0.05, 0) is 6.42 Å². The molecule has 0 saturated heterocycles.